The van der Waals surface area contributed by atoms with Gasteiger partial charge in [0, 0.05) is 18.1 Å². The number of anilines is 1. The van der Waals surface area contributed by atoms with E-state index in [1.807, 2.05) is 43.3 Å². The van der Waals surface area contributed by atoms with Gasteiger partial charge in [0.25, 0.3) is 5.91 Å². The van der Waals surface area contributed by atoms with Crippen molar-refractivity contribution in [2.24, 2.45) is 0 Å². The Kier molecular flexibility index (Phi) is 4.21. The average Bonchev–Trinajstić information content (AvgIpc) is 3.43. The van der Waals surface area contributed by atoms with Gasteiger partial charge < -0.3 is 14.0 Å². The highest BCUT2D eigenvalue weighted by Crippen LogP contribution is 2.33. The van der Waals surface area contributed by atoms with E-state index in [-0.39, 0.29) is 17.7 Å². The van der Waals surface area contributed by atoms with E-state index in [4.69, 9.17) is 14.0 Å². The van der Waals surface area contributed by atoms with E-state index in [1.54, 1.807) is 13.2 Å². The molecule has 1 aliphatic heterocycles. The number of carbonyl (C=O) groups excluding carboxylic acids is 1. The number of amides is 1. The van der Waals surface area contributed by atoms with E-state index in [9.17, 15) is 4.79 Å². The van der Waals surface area contributed by atoms with Crippen LogP contribution in [0.3, 0.4) is 0 Å². The van der Waals surface area contributed by atoms with Crippen LogP contribution in [-0.2, 0) is 6.42 Å². The fourth-order valence-corrected chi connectivity index (χ4v) is 4.23. The van der Waals surface area contributed by atoms with E-state index in [1.165, 1.54) is 11.3 Å². The molecule has 0 saturated carbocycles. The number of aromatic nitrogens is 2. The number of hydrogen-bond donors (Lipinski definition) is 1. The SMILES string of the molecule is COc1ccc2nc(NC(=O)c3cc(-c4ccc5c(c4)C[C@@H](C)O5)on3)sc2c1. The van der Waals surface area contributed by atoms with Crippen LogP contribution >= 0.6 is 11.3 Å². The van der Waals surface area contributed by atoms with E-state index >= 15 is 0 Å². The molecular formula is C21H17N3O4S. The molecule has 0 aliphatic carbocycles. The fourth-order valence-electron chi connectivity index (χ4n) is 3.34. The highest BCUT2D eigenvalue weighted by Gasteiger charge is 2.21. The molecule has 1 amide bonds. The summed E-state index contributed by atoms with van der Waals surface area (Å²) in [7, 11) is 1.61. The lowest BCUT2D eigenvalue weighted by Gasteiger charge is -2.02. The van der Waals surface area contributed by atoms with Crippen molar-refractivity contribution in [3.05, 3.63) is 53.7 Å². The number of carbonyl (C=O) groups is 1. The van der Waals surface area contributed by atoms with Gasteiger partial charge in [0.15, 0.2) is 16.6 Å². The van der Waals surface area contributed by atoms with Gasteiger partial charge >= 0.3 is 0 Å². The first-order valence-corrected chi connectivity index (χ1v) is 9.93. The minimum Gasteiger partial charge on any atom is -0.497 e. The molecule has 146 valence electrons. The topological polar surface area (TPSA) is 86.5 Å². The van der Waals surface area contributed by atoms with Crippen LogP contribution in [0.1, 0.15) is 23.0 Å². The van der Waals surface area contributed by atoms with E-state index in [2.05, 4.69) is 15.5 Å². The summed E-state index contributed by atoms with van der Waals surface area (Å²) < 4.78 is 17.3. The Morgan fingerprint density at radius 2 is 2.14 bits per heavy atom. The van der Waals surface area contributed by atoms with Gasteiger partial charge in [-0.1, -0.05) is 16.5 Å². The molecule has 1 N–H and O–H groups in total. The van der Waals surface area contributed by atoms with Crippen LogP contribution in [0, 0.1) is 0 Å². The largest absolute Gasteiger partial charge is 0.497 e. The number of methoxy groups -OCH3 is 1. The monoisotopic (exact) mass is 407 g/mol. The van der Waals surface area contributed by atoms with Crippen molar-refractivity contribution < 1.29 is 18.8 Å². The minimum absolute atomic E-state index is 0.171. The molecule has 3 heterocycles. The molecule has 2 aromatic carbocycles. The first-order chi connectivity index (χ1) is 14.1. The lowest BCUT2D eigenvalue weighted by atomic mass is 10.1. The Labute approximate surface area is 170 Å². The molecule has 1 atom stereocenters. The molecule has 2 aromatic heterocycles. The predicted octanol–water partition coefficient (Wildman–Crippen LogP) is 4.54. The van der Waals surface area contributed by atoms with E-state index < -0.39 is 0 Å². The summed E-state index contributed by atoms with van der Waals surface area (Å²) in [6.07, 6.45) is 1.03. The molecule has 1 aliphatic rings. The zero-order valence-corrected chi connectivity index (χ0v) is 16.6. The number of nitrogens with one attached hydrogen (secondary N) is 1. The predicted molar refractivity (Wildman–Crippen MR) is 110 cm³/mol. The summed E-state index contributed by atoms with van der Waals surface area (Å²) in [5, 5.41) is 7.19. The van der Waals surface area contributed by atoms with Gasteiger partial charge in [-0.3, -0.25) is 10.1 Å². The second kappa shape index (κ2) is 6.89. The number of benzene rings is 2. The fraction of sp³-hybridized carbons (Fsp3) is 0.190. The minimum atomic E-state index is -0.371. The second-order valence-corrected chi connectivity index (χ2v) is 7.87. The van der Waals surface area contributed by atoms with Crippen molar-refractivity contribution in [3.63, 3.8) is 0 Å². The zero-order chi connectivity index (χ0) is 20.0. The van der Waals surface area contributed by atoms with Crippen LogP contribution in [-0.4, -0.2) is 29.3 Å². The third-order valence-electron chi connectivity index (χ3n) is 4.74. The van der Waals surface area contributed by atoms with Crippen LogP contribution < -0.4 is 14.8 Å². The lowest BCUT2D eigenvalue weighted by molar-refractivity contribution is 0.101. The number of fused-ring (bicyclic) bond motifs is 2. The molecule has 29 heavy (non-hydrogen) atoms. The highest BCUT2D eigenvalue weighted by molar-refractivity contribution is 7.22. The molecule has 0 radical (unpaired) electrons. The van der Waals surface area contributed by atoms with Crippen molar-refractivity contribution in [2.75, 3.05) is 12.4 Å². The maximum Gasteiger partial charge on any atom is 0.279 e. The maximum absolute atomic E-state index is 12.6. The first-order valence-electron chi connectivity index (χ1n) is 9.11. The van der Waals surface area contributed by atoms with Crippen molar-refractivity contribution in [3.8, 4) is 22.8 Å². The molecule has 0 bridgehead atoms. The van der Waals surface area contributed by atoms with Crippen molar-refractivity contribution in [2.45, 2.75) is 19.4 Å². The number of ether oxygens (including phenoxy) is 2. The molecule has 0 unspecified atom stereocenters. The Hall–Kier alpha value is -3.39. The standard InChI is InChI=1S/C21H17N3O4S/c1-11-7-13-8-12(3-6-17(13)27-11)18-10-16(24-28-18)20(25)23-21-22-15-5-4-14(26-2)9-19(15)29-21/h3-6,8-11H,7H2,1-2H3,(H,22,23,25)/t11-/m1/s1. The van der Waals surface area contributed by atoms with Gasteiger partial charge in [-0.05, 0) is 48.9 Å². The summed E-state index contributed by atoms with van der Waals surface area (Å²) in [6, 6.07) is 13.0. The molecular weight excluding hydrogens is 390 g/mol. The van der Waals surface area contributed by atoms with Crippen LogP contribution in [0.2, 0.25) is 0 Å². The quantitative estimate of drug-likeness (QED) is 0.535. The van der Waals surface area contributed by atoms with Crippen LogP contribution in [0.15, 0.2) is 47.0 Å². The number of nitrogens with zero attached hydrogens (tertiary/aromatic N) is 2. The van der Waals surface area contributed by atoms with Crippen molar-refractivity contribution >= 4 is 32.6 Å². The van der Waals surface area contributed by atoms with Crippen molar-refractivity contribution in [1.29, 1.82) is 0 Å². The highest BCUT2D eigenvalue weighted by atomic mass is 32.1. The van der Waals surface area contributed by atoms with Crippen LogP contribution in [0.4, 0.5) is 5.13 Å². The van der Waals surface area contributed by atoms with Crippen molar-refractivity contribution in [1.82, 2.24) is 10.1 Å². The first kappa shape index (κ1) is 17.7. The van der Waals surface area contributed by atoms with Gasteiger partial charge in [-0.25, -0.2) is 4.98 Å². The Bertz CT molecular complexity index is 1230. The van der Waals surface area contributed by atoms with Gasteiger partial charge in [0.05, 0.1) is 17.3 Å². The number of hydrogen-bond acceptors (Lipinski definition) is 7. The molecule has 0 fully saturated rings. The molecule has 0 spiro atoms. The summed E-state index contributed by atoms with van der Waals surface area (Å²) in [6.45, 7) is 2.04. The summed E-state index contributed by atoms with van der Waals surface area (Å²) in [5.41, 5.74) is 2.98. The third kappa shape index (κ3) is 3.31. The molecule has 4 aromatic rings. The summed E-state index contributed by atoms with van der Waals surface area (Å²) in [4.78, 5) is 17.0. The van der Waals surface area contributed by atoms with Gasteiger partial charge in [-0.15, -0.1) is 0 Å². The molecule has 8 heteroatoms. The lowest BCUT2D eigenvalue weighted by Crippen LogP contribution is -2.11. The molecule has 7 nitrogen and oxygen atoms in total. The van der Waals surface area contributed by atoms with E-state index in [0.717, 1.165) is 39.3 Å². The summed E-state index contributed by atoms with van der Waals surface area (Å²) in [5.74, 6) is 1.80. The molecule has 0 saturated heterocycles. The summed E-state index contributed by atoms with van der Waals surface area (Å²) >= 11 is 1.37. The van der Waals surface area contributed by atoms with Gasteiger partial charge in [0.2, 0.25) is 0 Å². The van der Waals surface area contributed by atoms with E-state index in [0.29, 0.717) is 10.9 Å². The maximum atomic E-state index is 12.6. The zero-order valence-electron chi connectivity index (χ0n) is 15.8. The Balaban J connectivity index is 1.35. The smallest absolute Gasteiger partial charge is 0.279 e. The Morgan fingerprint density at radius 3 is 3.00 bits per heavy atom. The Morgan fingerprint density at radius 1 is 1.24 bits per heavy atom. The molecule has 5 rings (SSSR count). The van der Waals surface area contributed by atoms with Gasteiger partial charge in [0.1, 0.15) is 17.6 Å². The second-order valence-electron chi connectivity index (χ2n) is 6.84. The number of thiazole rings is 1. The normalized spacial score (nSPS) is 15.2. The number of rotatable bonds is 4. The van der Waals surface area contributed by atoms with Crippen LogP contribution in [0.5, 0.6) is 11.5 Å². The average molecular weight is 407 g/mol. The third-order valence-corrected chi connectivity index (χ3v) is 5.67. The van der Waals surface area contributed by atoms with Gasteiger partial charge in [-0.2, -0.15) is 0 Å². The van der Waals surface area contributed by atoms with Crippen LogP contribution in [0.25, 0.3) is 21.5 Å².